The molecule has 0 atom stereocenters. The first-order valence-corrected chi connectivity index (χ1v) is 8.42. The standard InChI is InChI=1S/C15H18N6S/c1-3-19(8-13-2-6-22-10-13)4-5-21-14(7-17-15(1)21)9-20-12-16-11-18-20/h2,6-7,10-12H,1,3-5,8-9H2. The number of imidazole rings is 1. The number of nitrogens with zero attached hydrogens (tertiary/aromatic N) is 6. The smallest absolute Gasteiger partial charge is 0.137 e. The van der Waals surface area contributed by atoms with Crippen LogP contribution in [0.25, 0.3) is 0 Å². The van der Waals surface area contributed by atoms with Crippen molar-refractivity contribution >= 4 is 11.3 Å². The summed E-state index contributed by atoms with van der Waals surface area (Å²) in [6.07, 6.45) is 6.30. The molecule has 0 unspecified atom stereocenters. The molecule has 3 aromatic rings. The van der Waals surface area contributed by atoms with E-state index in [0.717, 1.165) is 39.1 Å². The molecular formula is C15H18N6S. The fourth-order valence-electron chi connectivity index (χ4n) is 2.94. The number of hydrogen-bond acceptors (Lipinski definition) is 5. The zero-order valence-electron chi connectivity index (χ0n) is 12.3. The Morgan fingerprint density at radius 1 is 1.18 bits per heavy atom. The Morgan fingerprint density at radius 3 is 3.00 bits per heavy atom. The first-order chi connectivity index (χ1) is 10.9. The molecule has 0 amide bonds. The summed E-state index contributed by atoms with van der Waals surface area (Å²) in [6, 6.07) is 2.21. The van der Waals surface area contributed by atoms with Crippen LogP contribution >= 0.6 is 11.3 Å². The minimum atomic E-state index is 0.734. The van der Waals surface area contributed by atoms with Crippen LogP contribution in [0.2, 0.25) is 0 Å². The van der Waals surface area contributed by atoms with E-state index >= 15 is 0 Å². The SMILES string of the molecule is c1ncn(Cc2cnc3n2CCN(Cc2ccsc2)CC3)n1. The predicted molar refractivity (Wildman–Crippen MR) is 84.7 cm³/mol. The number of thiophene rings is 1. The van der Waals surface area contributed by atoms with Crippen molar-refractivity contribution in [1.82, 2.24) is 29.2 Å². The van der Waals surface area contributed by atoms with Crippen LogP contribution in [0.1, 0.15) is 17.1 Å². The van der Waals surface area contributed by atoms with Crippen molar-refractivity contribution in [2.24, 2.45) is 0 Å². The van der Waals surface area contributed by atoms with E-state index < -0.39 is 0 Å². The highest BCUT2D eigenvalue weighted by Gasteiger charge is 2.17. The van der Waals surface area contributed by atoms with Crippen LogP contribution in [0.15, 0.2) is 35.7 Å². The zero-order valence-corrected chi connectivity index (χ0v) is 13.1. The monoisotopic (exact) mass is 314 g/mol. The molecule has 6 nitrogen and oxygen atoms in total. The molecule has 7 heteroatoms. The molecule has 3 aromatic heterocycles. The van der Waals surface area contributed by atoms with Gasteiger partial charge in [-0.3, -0.25) is 4.90 Å². The first-order valence-electron chi connectivity index (χ1n) is 7.47. The summed E-state index contributed by atoms with van der Waals surface area (Å²) in [6.45, 7) is 4.88. The van der Waals surface area contributed by atoms with Gasteiger partial charge in [0.15, 0.2) is 0 Å². The van der Waals surface area contributed by atoms with E-state index in [1.165, 1.54) is 17.1 Å². The predicted octanol–water partition coefficient (Wildman–Crippen LogP) is 1.64. The van der Waals surface area contributed by atoms with E-state index in [0.29, 0.717) is 0 Å². The van der Waals surface area contributed by atoms with Crippen LogP contribution < -0.4 is 0 Å². The molecule has 1 aliphatic heterocycles. The largest absolute Gasteiger partial charge is 0.329 e. The molecule has 0 radical (unpaired) electrons. The molecule has 0 saturated heterocycles. The summed E-state index contributed by atoms with van der Waals surface area (Å²) in [4.78, 5) is 11.1. The topological polar surface area (TPSA) is 51.8 Å². The van der Waals surface area contributed by atoms with Crippen LogP contribution in [0, 0.1) is 0 Å². The van der Waals surface area contributed by atoms with Crippen LogP contribution in [-0.4, -0.2) is 42.3 Å². The summed E-state index contributed by atoms with van der Waals surface area (Å²) in [5.74, 6) is 1.18. The molecule has 0 saturated carbocycles. The van der Waals surface area contributed by atoms with Crippen molar-refractivity contribution in [1.29, 1.82) is 0 Å². The average molecular weight is 314 g/mol. The van der Waals surface area contributed by atoms with Gasteiger partial charge in [-0.1, -0.05) is 0 Å². The first kappa shape index (κ1) is 13.7. The van der Waals surface area contributed by atoms with E-state index in [-0.39, 0.29) is 0 Å². The van der Waals surface area contributed by atoms with Crippen molar-refractivity contribution in [3.8, 4) is 0 Å². The second-order valence-electron chi connectivity index (χ2n) is 5.57. The Hall–Kier alpha value is -1.99. The van der Waals surface area contributed by atoms with E-state index in [9.17, 15) is 0 Å². The number of aromatic nitrogens is 5. The van der Waals surface area contributed by atoms with Crippen molar-refractivity contribution < 1.29 is 0 Å². The average Bonchev–Trinajstić information content (AvgIpc) is 3.24. The molecule has 0 bridgehead atoms. The van der Waals surface area contributed by atoms with Gasteiger partial charge in [-0.25, -0.2) is 14.6 Å². The molecule has 114 valence electrons. The van der Waals surface area contributed by atoms with Crippen LogP contribution in [0.3, 0.4) is 0 Å². The van der Waals surface area contributed by atoms with Crippen molar-refractivity contribution in [2.75, 3.05) is 13.1 Å². The molecule has 0 aliphatic carbocycles. The summed E-state index contributed by atoms with van der Waals surface area (Å²) in [5, 5.41) is 8.57. The third kappa shape index (κ3) is 2.82. The van der Waals surface area contributed by atoms with Crippen molar-refractivity contribution in [2.45, 2.75) is 26.1 Å². The van der Waals surface area contributed by atoms with Gasteiger partial charge in [0.1, 0.15) is 18.5 Å². The van der Waals surface area contributed by atoms with Gasteiger partial charge in [-0.2, -0.15) is 16.4 Å². The fraction of sp³-hybridized carbons (Fsp3) is 0.400. The van der Waals surface area contributed by atoms with Crippen LogP contribution in [0.5, 0.6) is 0 Å². The summed E-state index contributed by atoms with van der Waals surface area (Å²) in [5.41, 5.74) is 2.62. The third-order valence-electron chi connectivity index (χ3n) is 4.09. The maximum Gasteiger partial charge on any atom is 0.137 e. The molecule has 4 rings (SSSR count). The number of rotatable bonds is 4. The fourth-order valence-corrected chi connectivity index (χ4v) is 3.60. The lowest BCUT2D eigenvalue weighted by Gasteiger charge is -2.18. The maximum absolute atomic E-state index is 4.61. The molecule has 0 fully saturated rings. The number of hydrogen-bond donors (Lipinski definition) is 0. The van der Waals surface area contributed by atoms with Crippen LogP contribution in [0.4, 0.5) is 0 Å². The Balaban J connectivity index is 1.46. The zero-order chi connectivity index (χ0) is 14.8. The lowest BCUT2D eigenvalue weighted by Crippen LogP contribution is -2.26. The summed E-state index contributed by atoms with van der Waals surface area (Å²) < 4.78 is 4.19. The van der Waals surface area contributed by atoms with E-state index in [1.807, 2.05) is 10.9 Å². The van der Waals surface area contributed by atoms with Gasteiger partial charge in [-0.15, -0.1) is 0 Å². The van der Waals surface area contributed by atoms with Gasteiger partial charge >= 0.3 is 0 Å². The lowest BCUT2D eigenvalue weighted by molar-refractivity contribution is 0.271. The van der Waals surface area contributed by atoms with Gasteiger partial charge in [0.05, 0.1) is 18.4 Å². The molecule has 0 aromatic carbocycles. The van der Waals surface area contributed by atoms with Gasteiger partial charge in [-0.05, 0) is 22.4 Å². The minimum Gasteiger partial charge on any atom is -0.329 e. The Bertz CT molecular complexity index is 715. The van der Waals surface area contributed by atoms with Crippen LogP contribution in [-0.2, 0) is 26.1 Å². The molecule has 1 aliphatic rings. The molecule has 0 N–H and O–H groups in total. The van der Waals surface area contributed by atoms with Crippen molar-refractivity contribution in [3.05, 3.63) is 52.8 Å². The maximum atomic E-state index is 4.61. The highest BCUT2D eigenvalue weighted by molar-refractivity contribution is 7.07. The highest BCUT2D eigenvalue weighted by atomic mass is 32.1. The summed E-state index contributed by atoms with van der Waals surface area (Å²) >= 11 is 1.77. The minimum absolute atomic E-state index is 0.734. The third-order valence-corrected chi connectivity index (χ3v) is 4.82. The second kappa shape index (κ2) is 6.02. The molecular weight excluding hydrogens is 296 g/mol. The van der Waals surface area contributed by atoms with Gasteiger partial charge in [0.25, 0.3) is 0 Å². The molecule has 4 heterocycles. The Kier molecular flexibility index (Phi) is 3.74. The Labute approximate surface area is 133 Å². The quantitative estimate of drug-likeness (QED) is 0.735. The van der Waals surface area contributed by atoms with Crippen molar-refractivity contribution in [3.63, 3.8) is 0 Å². The Morgan fingerprint density at radius 2 is 2.18 bits per heavy atom. The van der Waals surface area contributed by atoms with E-state index in [2.05, 4.69) is 41.4 Å². The van der Waals surface area contributed by atoms with E-state index in [1.54, 1.807) is 24.0 Å². The van der Waals surface area contributed by atoms with Gasteiger partial charge < -0.3 is 4.57 Å². The van der Waals surface area contributed by atoms with E-state index in [4.69, 9.17) is 0 Å². The van der Waals surface area contributed by atoms with Gasteiger partial charge in [0.2, 0.25) is 0 Å². The van der Waals surface area contributed by atoms with Gasteiger partial charge in [0, 0.05) is 32.6 Å². The summed E-state index contributed by atoms with van der Waals surface area (Å²) in [7, 11) is 0. The normalized spacial score (nSPS) is 15.6. The molecule has 22 heavy (non-hydrogen) atoms. The lowest BCUT2D eigenvalue weighted by atomic mass is 10.3. The highest BCUT2D eigenvalue weighted by Crippen LogP contribution is 2.15. The second-order valence-corrected chi connectivity index (χ2v) is 6.35. The molecule has 0 spiro atoms. The number of fused-ring (bicyclic) bond motifs is 1.